The highest BCUT2D eigenvalue weighted by molar-refractivity contribution is 6.01. The molecule has 6 heteroatoms. The molecule has 1 N–H and O–H groups in total. The van der Waals surface area contributed by atoms with Crippen molar-refractivity contribution in [3.05, 3.63) is 71.0 Å². The number of esters is 1. The van der Waals surface area contributed by atoms with Gasteiger partial charge in [-0.1, -0.05) is 57.2 Å². The van der Waals surface area contributed by atoms with Crippen molar-refractivity contribution in [1.82, 2.24) is 5.32 Å². The minimum atomic E-state index is -1.01. The SMILES string of the molecule is CCc1ccc(C(=O)C(C)OC(=O)C(NC(=O)c2ccccc2F)C(C)C)cc1. The second-order valence-corrected chi connectivity index (χ2v) is 7.17. The Morgan fingerprint density at radius 1 is 1.00 bits per heavy atom. The van der Waals surface area contributed by atoms with E-state index in [1.165, 1.54) is 31.2 Å². The van der Waals surface area contributed by atoms with Crippen LogP contribution in [0.2, 0.25) is 0 Å². The fourth-order valence-corrected chi connectivity index (χ4v) is 2.80. The molecule has 0 saturated carbocycles. The highest BCUT2D eigenvalue weighted by Gasteiger charge is 2.30. The summed E-state index contributed by atoms with van der Waals surface area (Å²) in [6, 6.07) is 11.6. The summed E-state index contributed by atoms with van der Waals surface area (Å²) in [6.45, 7) is 6.96. The number of halogens is 1. The summed E-state index contributed by atoms with van der Waals surface area (Å²) < 4.78 is 19.1. The average molecular weight is 399 g/mol. The normalized spacial score (nSPS) is 12.9. The van der Waals surface area contributed by atoms with Crippen molar-refractivity contribution in [1.29, 1.82) is 0 Å². The fourth-order valence-electron chi connectivity index (χ4n) is 2.80. The molecule has 1 amide bonds. The number of rotatable bonds is 8. The van der Waals surface area contributed by atoms with Crippen LogP contribution in [0.15, 0.2) is 48.5 Å². The van der Waals surface area contributed by atoms with Crippen molar-refractivity contribution in [3.63, 3.8) is 0 Å². The second-order valence-electron chi connectivity index (χ2n) is 7.17. The molecule has 0 saturated heterocycles. The van der Waals surface area contributed by atoms with E-state index in [1.807, 2.05) is 19.1 Å². The van der Waals surface area contributed by atoms with Gasteiger partial charge in [0.2, 0.25) is 5.78 Å². The molecule has 2 unspecified atom stereocenters. The van der Waals surface area contributed by atoms with Crippen molar-refractivity contribution >= 4 is 17.7 Å². The lowest BCUT2D eigenvalue weighted by Crippen LogP contribution is -2.47. The molecule has 0 heterocycles. The Balaban J connectivity index is 2.07. The molecule has 0 spiro atoms. The zero-order chi connectivity index (χ0) is 21.6. The Hall–Kier alpha value is -3.02. The number of Topliss-reactive ketones (excluding diaryl/α,β-unsaturated/α-hetero) is 1. The highest BCUT2D eigenvalue weighted by atomic mass is 19.1. The summed E-state index contributed by atoms with van der Waals surface area (Å²) in [6.07, 6.45) is -0.154. The standard InChI is InChI=1S/C23H26FNO4/c1-5-16-10-12-17(13-11-16)21(26)15(4)29-23(28)20(14(2)3)25-22(27)18-8-6-7-9-19(18)24/h6-15,20H,5H2,1-4H3,(H,25,27). The van der Waals surface area contributed by atoms with E-state index in [4.69, 9.17) is 4.74 Å². The van der Waals surface area contributed by atoms with Gasteiger partial charge in [-0.25, -0.2) is 9.18 Å². The van der Waals surface area contributed by atoms with E-state index in [1.54, 1.807) is 26.0 Å². The first-order valence-electron chi connectivity index (χ1n) is 9.63. The Labute approximate surface area is 170 Å². The number of hydrogen-bond donors (Lipinski definition) is 1. The Kier molecular flexibility index (Phi) is 7.65. The predicted molar refractivity (Wildman–Crippen MR) is 108 cm³/mol. The zero-order valence-electron chi connectivity index (χ0n) is 17.1. The van der Waals surface area contributed by atoms with Crippen LogP contribution in [-0.2, 0) is 16.0 Å². The van der Waals surface area contributed by atoms with E-state index in [9.17, 15) is 18.8 Å². The monoisotopic (exact) mass is 399 g/mol. The van der Waals surface area contributed by atoms with Gasteiger partial charge in [-0.15, -0.1) is 0 Å². The first kappa shape index (κ1) is 22.3. The Morgan fingerprint density at radius 3 is 2.17 bits per heavy atom. The maximum atomic E-state index is 13.8. The van der Waals surface area contributed by atoms with E-state index in [-0.39, 0.29) is 17.3 Å². The summed E-state index contributed by atoms with van der Waals surface area (Å²) >= 11 is 0. The van der Waals surface area contributed by atoms with E-state index in [0.29, 0.717) is 5.56 Å². The van der Waals surface area contributed by atoms with Gasteiger partial charge in [0.25, 0.3) is 5.91 Å². The number of hydrogen-bond acceptors (Lipinski definition) is 4. The van der Waals surface area contributed by atoms with Gasteiger partial charge in [-0.05, 0) is 37.0 Å². The summed E-state index contributed by atoms with van der Waals surface area (Å²) in [5.74, 6) is -2.78. The minimum Gasteiger partial charge on any atom is -0.453 e. The van der Waals surface area contributed by atoms with Gasteiger partial charge in [0.1, 0.15) is 11.9 Å². The van der Waals surface area contributed by atoms with Crippen molar-refractivity contribution < 1.29 is 23.5 Å². The van der Waals surface area contributed by atoms with Crippen LogP contribution >= 0.6 is 0 Å². The van der Waals surface area contributed by atoms with Gasteiger partial charge in [-0.3, -0.25) is 9.59 Å². The topological polar surface area (TPSA) is 72.5 Å². The molecule has 0 aliphatic rings. The van der Waals surface area contributed by atoms with Crippen LogP contribution in [0.5, 0.6) is 0 Å². The lowest BCUT2D eigenvalue weighted by atomic mass is 10.0. The van der Waals surface area contributed by atoms with Gasteiger partial charge < -0.3 is 10.1 Å². The molecule has 2 aromatic carbocycles. The summed E-state index contributed by atoms with van der Waals surface area (Å²) in [5.41, 5.74) is 1.38. The summed E-state index contributed by atoms with van der Waals surface area (Å²) in [4.78, 5) is 37.5. The molecule has 29 heavy (non-hydrogen) atoms. The first-order valence-corrected chi connectivity index (χ1v) is 9.63. The third kappa shape index (κ3) is 5.73. The molecule has 0 aliphatic heterocycles. The quantitative estimate of drug-likeness (QED) is 0.539. The van der Waals surface area contributed by atoms with Crippen LogP contribution in [0.4, 0.5) is 4.39 Å². The van der Waals surface area contributed by atoms with Crippen molar-refractivity contribution in [2.24, 2.45) is 5.92 Å². The average Bonchev–Trinajstić information content (AvgIpc) is 2.71. The largest absolute Gasteiger partial charge is 0.453 e. The number of carbonyl (C=O) groups is 3. The fraction of sp³-hybridized carbons (Fsp3) is 0.348. The van der Waals surface area contributed by atoms with Gasteiger partial charge in [0.05, 0.1) is 5.56 Å². The molecule has 0 bridgehead atoms. The maximum absolute atomic E-state index is 13.8. The maximum Gasteiger partial charge on any atom is 0.329 e. The van der Waals surface area contributed by atoms with E-state index < -0.39 is 29.8 Å². The molecule has 0 radical (unpaired) electrons. The Bertz CT molecular complexity index is 877. The predicted octanol–water partition coefficient (Wildman–Crippen LogP) is 3.96. The van der Waals surface area contributed by atoms with Gasteiger partial charge in [0, 0.05) is 5.56 Å². The first-order chi connectivity index (χ1) is 13.7. The molecule has 0 fully saturated rings. The minimum absolute atomic E-state index is 0.161. The van der Waals surface area contributed by atoms with Crippen molar-refractivity contribution in [2.45, 2.75) is 46.3 Å². The number of ether oxygens (including phenoxy) is 1. The third-order valence-electron chi connectivity index (χ3n) is 4.63. The molecule has 5 nitrogen and oxygen atoms in total. The number of amides is 1. The van der Waals surface area contributed by atoms with Gasteiger partial charge in [-0.2, -0.15) is 0 Å². The van der Waals surface area contributed by atoms with E-state index in [2.05, 4.69) is 5.32 Å². The van der Waals surface area contributed by atoms with Crippen LogP contribution < -0.4 is 5.32 Å². The number of carbonyl (C=O) groups excluding carboxylic acids is 3. The van der Waals surface area contributed by atoms with Crippen LogP contribution in [0.1, 0.15) is 54.0 Å². The Morgan fingerprint density at radius 2 is 1.62 bits per heavy atom. The van der Waals surface area contributed by atoms with Crippen LogP contribution in [0, 0.1) is 11.7 Å². The molecule has 154 valence electrons. The van der Waals surface area contributed by atoms with Crippen molar-refractivity contribution in [3.8, 4) is 0 Å². The molecule has 0 aromatic heterocycles. The molecule has 0 aliphatic carbocycles. The lowest BCUT2D eigenvalue weighted by Gasteiger charge is -2.23. The zero-order valence-corrected chi connectivity index (χ0v) is 17.1. The second kappa shape index (κ2) is 9.96. The lowest BCUT2D eigenvalue weighted by molar-refractivity contribution is -0.149. The van der Waals surface area contributed by atoms with Crippen molar-refractivity contribution in [2.75, 3.05) is 0 Å². The molecule has 2 aromatic rings. The highest BCUT2D eigenvalue weighted by Crippen LogP contribution is 2.13. The van der Waals surface area contributed by atoms with Gasteiger partial charge >= 0.3 is 5.97 Å². The number of aryl methyl sites for hydroxylation is 1. The summed E-state index contributed by atoms with van der Waals surface area (Å²) in [7, 11) is 0. The third-order valence-corrected chi connectivity index (χ3v) is 4.63. The van der Waals surface area contributed by atoms with Crippen LogP contribution in [0.3, 0.4) is 0 Å². The molecular weight excluding hydrogens is 373 g/mol. The van der Waals surface area contributed by atoms with Crippen LogP contribution in [0.25, 0.3) is 0 Å². The molecule has 2 rings (SSSR count). The van der Waals surface area contributed by atoms with E-state index >= 15 is 0 Å². The number of nitrogens with one attached hydrogen (secondary N) is 1. The number of benzene rings is 2. The van der Waals surface area contributed by atoms with E-state index in [0.717, 1.165) is 12.0 Å². The smallest absolute Gasteiger partial charge is 0.329 e. The van der Waals surface area contributed by atoms with Crippen LogP contribution in [-0.4, -0.2) is 29.8 Å². The molecular formula is C23H26FNO4. The summed E-state index contributed by atoms with van der Waals surface area (Å²) in [5, 5.41) is 2.51. The molecule has 2 atom stereocenters. The number of ketones is 1. The van der Waals surface area contributed by atoms with Gasteiger partial charge in [0.15, 0.2) is 6.10 Å².